The second kappa shape index (κ2) is 5.07. The van der Waals surface area contributed by atoms with E-state index in [4.69, 9.17) is 11.6 Å². The van der Waals surface area contributed by atoms with Crippen molar-refractivity contribution in [1.82, 2.24) is 5.32 Å². The van der Waals surface area contributed by atoms with Crippen LogP contribution in [0.2, 0.25) is 4.34 Å². The molecule has 0 aliphatic heterocycles. The molecule has 0 spiro atoms. The lowest BCUT2D eigenvalue weighted by atomic mass is 9.99. The summed E-state index contributed by atoms with van der Waals surface area (Å²) in [7, 11) is 0. The van der Waals surface area contributed by atoms with Crippen LogP contribution in [-0.2, 0) is 6.42 Å². The number of aryl methyl sites for hydroxylation is 1. The Morgan fingerprint density at radius 3 is 3.00 bits per heavy atom. The molecule has 0 amide bonds. The minimum atomic E-state index is 0.530. The van der Waals surface area contributed by atoms with Crippen LogP contribution >= 0.6 is 22.9 Å². The van der Waals surface area contributed by atoms with Gasteiger partial charge in [-0.25, -0.2) is 0 Å². The largest absolute Gasteiger partial charge is 0.307 e. The Morgan fingerprint density at radius 1 is 1.56 bits per heavy atom. The molecule has 1 aliphatic rings. The Morgan fingerprint density at radius 2 is 2.31 bits per heavy atom. The number of nitrogens with one attached hydrogen (secondary N) is 1. The van der Waals surface area contributed by atoms with E-state index in [9.17, 15) is 0 Å². The third kappa shape index (κ3) is 2.44. The van der Waals surface area contributed by atoms with Crippen molar-refractivity contribution in [2.45, 2.75) is 52.1 Å². The number of rotatable bonds is 4. The third-order valence-corrected chi connectivity index (χ3v) is 5.15. The quantitative estimate of drug-likeness (QED) is 0.842. The number of fused-ring (bicyclic) bond motifs is 1. The fourth-order valence-electron chi connectivity index (χ4n) is 2.34. The Bertz CT molecular complexity index is 361. The second-order valence-electron chi connectivity index (χ2n) is 4.86. The van der Waals surface area contributed by atoms with Crippen molar-refractivity contribution in [2.24, 2.45) is 5.92 Å². The number of halogens is 1. The van der Waals surface area contributed by atoms with Crippen LogP contribution in [0.3, 0.4) is 0 Å². The number of thiophene rings is 1. The van der Waals surface area contributed by atoms with Crippen LogP contribution in [0.25, 0.3) is 0 Å². The zero-order valence-corrected chi connectivity index (χ0v) is 11.8. The molecule has 0 saturated carbocycles. The molecule has 1 N–H and O–H groups in total. The molecule has 16 heavy (non-hydrogen) atoms. The predicted octanol–water partition coefficient (Wildman–Crippen LogP) is 4.41. The molecule has 1 aromatic rings. The average Bonchev–Trinajstić information content (AvgIpc) is 2.78. The number of hydrogen-bond donors (Lipinski definition) is 1. The molecule has 3 unspecified atom stereocenters. The first kappa shape index (κ1) is 12.4. The molecular formula is C13H20ClNS. The van der Waals surface area contributed by atoms with Gasteiger partial charge in [0.15, 0.2) is 0 Å². The van der Waals surface area contributed by atoms with E-state index in [2.05, 4.69) is 32.2 Å². The van der Waals surface area contributed by atoms with E-state index in [1.807, 2.05) is 0 Å². The Kier molecular flexibility index (Phi) is 3.93. The maximum absolute atomic E-state index is 6.06. The number of hydrogen-bond acceptors (Lipinski definition) is 2. The standard InChI is InChI=1S/C13H20ClNS/c1-4-8(2)9(3)15-11-5-6-12-10(11)7-13(14)16-12/h7-9,11,15H,4-6H2,1-3H3. The minimum absolute atomic E-state index is 0.530. The van der Waals surface area contributed by atoms with Crippen molar-refractivity contribution in [1.29, 1.82) is 0 Å². The lowest BCUT2D eigenvalue weighted by Crippen LogP contribution is -2.34. The van der Waals surface area contributed by atoms with Crippen molar-refractivity contribution in [3.63, 3.8) is 0 Å². The van der Waals surface area contributed by atoms with E-state index in [-0.39, 0.29) is 0 Å². The monoisotopic (exact) mass is 257 g/mol. The van der Waals surface area contributed by atoms with E-state index in [1.165, 1.54) is 29.7 Å². The normalized spacial score (nSPS) is 23.1. The van der Waals surface area contributed by atoms with Crippen molar-refractivity contribution in [3.8, 4) is 0 Å². The third-order valence-electron chi connectivity index (χ3n) is 3.81. The molecule has 1 aromatic heterocycles. The van der Waals surface area contributed by atoms with E-state index in [1.54, 1.807) is 11.3 Å². The Labute approximate surface area is 107 Å². The summed E-state index contributed by atoms with van der Waals surface area (Å²) in [6.45, 7) is 6.86. The predicted molar refractivity (Wildman–Crippen MR) is 72.4 cm³/mol. The van der Waals surface area contributed by atoms with Gasteiger partial charge in [-0.15, -0.1) is 11.3 Å². The molecule has 1 nitrogen and oxygen atoms in total. The van der Waals surface area contributed by atoms with E-state index in [0.29, 0.717) is 12.1 Å². The van der Waals surface area contributed by atoms with Crippen LogP contribution in [0.1, 0.15) is 50.1 Å². The van der Waals surface area contributed by atoms with Crippen LogP contribution in [0.5, 0.6) is 0 Å². The van der Waals surface area contributed by atoms with Gasteiger partial charge in [0.25, 0.3) is 0 Å². The van der Waals surface area contributed by atoms with Gasteiger partial charge in [0.1, 0.15) is 0 Å². The van der Waals surface area contributed by atoms with Crippen LogP contribution in [0, 0.1) is 5.92 Å². The lowest BCUT2D eigenvalue weighted by molar-refractivity contribution is 0.349. The van der Waals surface area contributed by atoms with Crippen molar-refractivity contribution in [2.75, 3.05) is 0 Å². The average molecular weight is 258 g/mol. The summed E-state index contributed by atoms with van der Waals surface area (Å²) in [6.07, 6.45) is 3.66. The smallest absolute Gasteiger partial charge is 0.0934 e. The van der Waals surface area contributed by atoms with Gasteiger partial charge in [-0.05, 0) is 37.3 Å². The van der Waals surface area contributed by atoms with Gasteiger partial charge in [-0.1, -0.05) is 31.9 Å². The summed E-state index contributed by atoms with van der Waals surface area (Å²) in [5.74, 6) is 0.734. The first-order valence-corrected chi connectivity index (χ1v) is 7.35. The molecule has 0 saturated heterocycles. The molecule has 0 radical (unpaired) electrons. The molecule has 2 rings (SSSR count). The highest BCUT2D eigenvalue weighted by Gasteiger charge is 2.26. The second-order valence-corrected chi connectivity index (χ2v) is 6.63. The van der Waals surface area contributed by atoms with Gasteiger partial charge in [0.05, 0.1) is 4.34 Å². The highest BCUT2D eigenvalue weighted by atomic mass is 35.5. The van der Waals surface area contributed by atoms with Gasteiger partial charge in [-0.3, -0.25) is 0 Å². The van der Waals surface area contributed by atoms with Gasteiger partial charge >= 0.3 is 0 Å². The summed E-state index contributed by atoms with van der Waals surface area (Å²) in [4.78, 5) is 1.49. The van der Waals surface area contributed by atoms with Crippen LogP contribution in [-0.4, -0.2) is 6.04 Å². The van der Waals surface area contributed by atoms with Crippen LogP contribution in [0.15, 0.2) is 6.07 Å². The summed E-state index contributed by atoms with van der Waals surface area (Å²) in [6, 6.07) is 3.26. The van der Waals surface area contributed by atoms with Crippen molar-refractivity contribution >= 4 is 22.9 Å². The molecule has 1 heterocycles. The van der Waals surface area contributed by atoms with Crippen LogP contribution in [0.4, 0.5) is 0 Å². The summed E-state index contributed by atoms with van der Waals surface area (Å²) in [5, 5.41) is 3.75. The van der Waals surface area contributed by atoms with Gasteiger partial charge < -0.3 is 5.32 Å². The molecule has 0 aromatic carbocycles. The summed E-state index contributed by atoms with van der Waals surface area (Å²) >= 11 is 7.81. The highest BCUT2D eigenvalue weighted by molar-refractivity contribution is 7.16. The Balaban J connectivity index is 2.02. The zero-order valence-electron chi connectivity index (χ0n) is 10.2. The molecule has 90 valence electrons. The van der Waals surface area contributed by atoms with Crippen LogP contribution < -0.4 is 5.32 Å². The highest BCUT2D eigenvalue weighted by Crippen LogP contribution is 2.39. The molecule has 0 fully saturated rings. The van der Waals surface area contributed by atoms with Gasteiger partial charge in [0, 0.05) is 17.0 Å². The van der Waals surface area contributed by atoms with E-state index >= 15 is 0 Å². The summed E-state index contributed by atoms with van der Waals surface area (Å²) < 4.78 is 0.938. The fraction of sp³-hybridized carbons (Fsp3) is 0.692. The lowest BCUT2D eigenvalue weighted by Gasteiger charge is -2.24. The van der Waals surface area contributed by atoms with E-state index in [0.717, 1.165) is 10.3 Å². The fourth-order valence-corrected chi connectivity index (χ4v) is 3.70. The Hall–Kier alpha value is -0.0500. The zero-order chi connectivity index (χ0) is 11.7. The molecule has 3 heteroatoms. The van der Waals surface area contributed by atoms with Crippen molar-refractivity contribution < 1.29 is 0 Å². The van der Waals surface area contributed by atoms with Gasteiger partial charge in [-0.2, -0.15) is 0 Å². The van der Waals surface area contributed by atoms with Gasteiger partial charge in [0.2, 0.25) is 0 Å². The maximum Gasteiger partial charge on any atom is 0.0934 e. The first-order valence-electron chi connectivity index (χ1n) is 6.16. The summed E-state index contributed by atoms with van der Waals surface area (Å²) in [5.41, 5.74) is 1.45. The molecule has 0 bridgehead atoms. The SMILES string of the molecule is CCC(C)C(C)NC1CCc2sc(Cl)cc21. The maximum atomic E-state index is 6.06. The topological polar surface area (TPSA) is 12.0 Å². The molecule has 1 aliphatic carbocycles. The molecular weight excluding hydrogens is 238 g/mol. The molecule has 3 atom stereocenters. The van der Waals surface area contributed by atoms with E-state index < -0.39 is 0 Å². The van der Waals surface area contributed by atoms with Crippen molar-refractivity contribution in [3.05, 3.63) is 20.8 Å². The first-order chi connectivity index (χ1) is 7.61. The minimum Gasteiger partial charge on any atom is -0.307 e.